The molecule has 1 fully saturated rings. The van der Waals surface area contributed by atoms with E-state index in [2.05, 4.69) is 58.9 Å². The molecule has 42 heavy (non-hydrogen) atoms. The second kappa shape index (κ2) is 16.8. The summed E-state index contributed by atoms with van der Waals surface area (Å²) in [6, 6.07) is 29.1. The number of nitrogens with zero attached hydrogens (tertiary/aromatic N) is 2. The average molecular weight is 602 g/mol. The Morgan fingerprint density at radius 3 is 2.00 bits per heavy atom. The molecule has 0 spiro atoms. The number of urea groups is 1. The fourth-order valence-corrected chi connectivity index (χ4v) is 5.19. The Morgan fingerprint density at radius 1 is 0.929 bits per heavy atom. The summed E-state index contributed by atoms with van der Waals surface area (Å²) in [6.07, 6.45) is 1.66. The van der Waals surface area contributed by atoms with E-state index in [1.165, 1.54) is 29.7 Å². The second-order valence-corrected chi connectivity index (χ2v) is 11.1. The van der Waals surface area contributed by atoms with Gasteiger partial charge in [0.15, 0.2) is 0 Å². The molecule has 0 saturated carbocycles. The van der Waals surface area contributed by atoms with Crippen molar-refractivity contribution < 1.29 is 27.9 Å². The van der Waals surface area contributed by atoms with Gasteiger partial charge in [-0.25, -0.2) is 9.59 Å². The number of anilines is 1. The van der Waals surface area contributed by atoms with Gasteiger partial charge in [0.25, 0.3) is 0 Å². The van der Waals surface area contributed by atoms with E-state index in [1.807, 2.05) is 47.4 Å². The number of carbonyl (C=O) groups is 2. The third-order valence-electron chi connectivity index (χ3n) is 7.06. The molecule has 3 aromatic rings. The summed E-state index contributed by atoms with van der Waals surface area (Å²) in [7, 11) is 0. The molecule has 226 valence electrons. The molecule has 1 saturated heterocycles. The Kier molecular flexibility index (Phi) is 13.2. The molecule has 0 radical (unpaired) electrons. The highest BCUT2D eigenvalue weighted by Crippen LogP contribution is 2.22. The molecule has 0 bridgehead atoms. The number of hydrogen-bond donors (Lipinski definition) is 2. The van der Waals surface area contributed by atoms with Crippen LogP contribution < -0.4 is 5.32 Å². The van der Waals surface area contributed by atoms with Gasteiger partial charge < -0.3 is 20.2 Å². The van der Waals surface area contributed by atoms with Crippen molar-refractivity contribution in [3.63, 3.8) is 0 Å². The van der Waals surface area contributed by atoms with Crippen LogP contribution in [-0.2, 0) is 17.8 Å². The Bertz CT molecular complexity index is 1220. The predicted octanol–water partition coefficient (Wildman–Crippen LogP) is 7.42. The molecule has 3 aromatic carbocycles. The molecular formula is C32H38F3N3O3S. The van der Waals surface area contributed by atoms with Crippen LogP contribution in [0.25, 0.3) is 0 Å². The van der Waals surface area contributed by atoms with Crippen molar-refractivity contribution in [2.75, 3.05) is 37.8 Å². The minimum Gasteiger partial charge on any atom is -0.475 e. The smallest absolute Gasteiger partial charge is 0.475 e. The van der Waals surface area contributed by atoms with E-state index in [-0.39, 0.29) is 6.03 Å². The number of rotatable bonds is 10. The van der Waals surface area contributed by atoms with E-state index in [9.17, 15) is 18.0 Å². The van der Waals surface area contributed by atoms with Crippen molar-refractivity contribution in [1.82, 2.24) is 9.80 Å². The molecule has 6 nitrogen and oxygen atoms in total. The summed E-state index contributed by atoms with van der Waals surface area (Å²) < 4.78 is 31.7. The molecule has 0 unspecified atom stereocenters. The molecule has 4 rings (SSSR count). The minimum absolute atomic E-state index is 0.0349. The lowest BCUT2D eigenvalue weighted by Gasteiger charge is -2.32. The molecule has 0 aliphatic carbocycles. The zero-order valence-electron chi connectivity index (χ0n) is 23.7. The number of likely N-dealkylation sites (tertiary alicyclic amines) is 1. The molecule has 0 aromatic heterocycles. The summed E-state index contributed by atoms with van der Waals surface area (Å²) in [5.41, 5.74) is 3.45. The number of thioether (sulfide) groups is 1. The van der Waals surface area contributed by atoms with Crippen molar-refractivity contribution in [2.24, 2.45) is 5.92 Å². The number of benzene rings is 3. The third kappa shape index (κ3) is 11.8. The van der Waals surface area contributed by atoms with Crippen LogP contribution in [0.15, 0.2) is 89.8 Å². The number of carboxylic acids is 1. The van der Waals surface area contributed by atoms with Crippen molar-refractivity contribution >= 4 is 29.4 Å². The predicted molar refractivity (Wildman–Crippen MR) is 162 cm³/mol. The van der Waals surface area contributed by atoms with Crippen LogP contribution in [0.5, 0.6) is 0 Å². The van der Waals surface area contributed by atoms with Crippen LogP contribution in [0.2, 0.25) is 0 Å². The number of carbonyl (C=O) groups excluding carboxylic acids is 1. The van der Waals surface area contributed by atoms with Gasteiger partial charge >= 0.3 is 18.2 Å². The van der Waals surface area contributed by atoms with Crippen LogP contribution in [0, 0.1) is 5.92 Å². The first-order chi connectivity index (χ1) is 20.1. The maximum atomic E-state index is 13.2. The van der Waals surface area contributed by atoms with Crippen LogP contribution >= 0.6 is 11.8 Å². The van der Waals surface area contributed by atoms with Crippen molar-refractivity contribution in [1.29, 1.82) is 0 Å². The normalized spacial score (nSPS) is 14.0. The van der Waals surface area contributed by atoms with Crippen LogP contribution in [0.1, 0.15) is 30.4 Å². The fourth-order valence-electron chi connectivity index (χ4n) is 4.78. The first-order valence-corrected chi connectivity index (χ1v) is 15.2. The number of hydrogen-bond acceptors (Lipinski definition) is 4. The second-order valence-electron chi connectivity index (χ2n) is 10.2. The quantitative estimate of drug-likeness (QED) is 0.237. The number of halogens is 3. The van der Waals surface area contributed by atoms with Crippen molar-refractivity contribution in [2.45, 2.75) is 43.3 Å². The maximum absolute atomic E-state index is 13.2. The van der Waals surface area contributed by atoms with Gasteiger partial charge in [0, 0.05) is 23.7 Å². The monoisotopic (exact) mass is 601 g/mol. The molecule has 1 aliphatic rings. The van der Waals surface area contributed by atoms with Crippen LogP contribution in [-0.4, -0.2) is 65.5 Å². The summed E-state index contributed by atoms with van der Waals surface area (Å²) in [5.74, 6) is -1.97. The number of alkyl halides is 3. The topological polar surface area (TPSA) is 72.9 Å². The Labute approximate surface area is 249 Å². The van der Waals surface area contributed by atoms with Gasteiger partial charge in [-0.1, -0.05) is 60.7 Å². The molecule has 2 N–H and O–H groups in total. The van der Waals surface area contributed by atoms with E-state index >= 15 is 0 Å². The molecule has 10 heteroatoms. The van der Waals surface area contributed by atoms with Gasteiger partial charge in [-0.2, -0.15) is 13.2 Å². The average Bonchev–Trinajstić information content (AvgIpc) is 2.99. The highest BCUT2D eigenvalue weighted by molar-refractivity contribution is 7.98. The lowest BCUT2D eigenvalue weighted by Crippen LogP contribution is -2.39. The van der Waals surface area contributed by atoms with Gasteiger partial charge in [-0.05, 0) is 92.9 Å². The van der Waals surface area contributed by atoms with Gasteiger partial charge in [-0.15, -0.1) is 11.8 Å². The number of aliphatic carboxylic acids is 1. The first-order valence-electron chi connectivity index (χ1n) is 13.9. The molecule has 0 atom stereocenters. The number of carboxylic acid groups (broad SMARTS) is 1. The van der Waals surface area contributed by atoms with Crippen LogP contribution in [0.4, 0.5) is 23.7 Å². The molecular weight excluding hydrogens is 563 g/mol. The Hall–Kier alpha value is -3.50. The Balaban J connectivity index is 0.000000616. The lowest BCUT2D eigenvalue weighted by molar-refractivity contribution is -0.192. The summed E-state index contributed by atoms with van der Waals surface area (Å²) in [4.78, 5) is 27.8. The van der Waals surface area contributed by atoms with Crippen molar-refractivity contribution in [3.8, 4) is 0 Å². The summed E-state index contributed by atoms with van der Waals surface area (Å²) >= 11 is 1.70. The van der Waals surface area contributed by atoms with Gasteiger partial charge in [0.1, 0.15) is 0 Å². The number of nitrogens with one attached hydrogen (secondary N) is 1. The number of amides is 2. The Morgan fingerprint density at radius 2 is 1.48 bits per heavy atom. The summed E-state index contributed by atoms with van der Waals surface area (Å²) in [6.45, 7) is 4.72. The standard InChI is InChI=1S/C30H37N3OS.C2HF3O2/c1-35-29-15-13-28(14-16-29)31-30(34)33(24-27-11-6-3-7-12-27)20-8-19-32-21-17-26(18-22-32)23-25-9-4-2-5-10-25;3-2(4,5)1(6)7/h2-7,9-16,26H,8,17-24H2,1H3,(H,31,34);(H,6,7). The maximum Gasteiger partial charge on any atom is 0.490 e. The molecule has 2 amide bonds. The van der Waals surface area contributed by atoms with Gasteiger partial charge in [-0.3, -0.25) is 0 Å². The van der Waals surface area contributed by atoms with Crippen molar-refractivity contribution in [3.05, 3.63) is 96.1 Å². The van der Waals surface area contributed by atoms with E-state index in [0.717, 1.165) is 49.8 Å². The van der Waals surface area contributed by atoms with E-state index < -0.39 is 12.1 Å². The molecule has 1 heterocycles. The van der Waals surface area contributed by atoms with E-state index in [0.29, 0.717) is 6.54 Å². The fraction of sp³-hybridized carbons (Fsp3) is 0.375. The van der Waals surface area contributed by atoms with Crippen LogP contribution in [0.3, 0.4) is 0 Å². The van der Waals surface area contributed by atoms with Gasteiger partial charge in [0.05, 0.1) is 0 Å². The summed E-state index contributed by atoms with van der Waals surface area (Å²) in [5, 5.41) is 10.2. The van der Waals surface area contributed by atoms with E-state index in [4.69, 9.17) is 9.90 Å². The lowest BCUT2D eigenvalue weighted by atomic mass is 9.90. The number of piperidine rings is 1. The zero-order valence-corrected chi connectivity index (χ0v) is 24.5. The SMILES string of the molecule is CSc1ccc(NC(=O)N(CCCN2CCC(Cc3ccccc3)CC2)Cc2ccccc2)cc1.O=C(O)C(F)(F)F. The molecule has 1 aliphatic heterocycles. The largest absolute Gasteiger partial charge is 0.490 e. The highest BCUT2D eigenvalue weighted by atomic mass is 32.2. The highest BCUT2D eigenvalue weighted by Gasteiger charge is 2.38. The first kappa shape index (κ1) is 33.0. The minimum atomic E-state index is -5.08. The third-order valence-corrected chi connectivity index (χ3v) is 7.81. The van der Waals surface area contributed by atoms with E-state index in [1.54, 1.807) is 11.8 Å². The zero-order chi connectivity index (χ0) is 30.4. The van der Waals surface area contributed by atoms with Gasteiger partial charge in [0.2, 0.25) is 0 Å².